The average molecular weight is 256 g/mol. The van der Waals surface area contributed by atoms with Crippen molar-refractivity contribution in [1.82, 2.24) is 24.5 Å². The third-order valence-corrected chi connectivity index (χ3v) is 3.45. The molecule has 1 saturated heterocycles. The summed E-state index contributed by atoms with van der Waals surface area (Å²) in [5, 5.41) is 17.3. The molecule has 0 atom stereocenters. The van der Waals surface area contributed by atoms with Crippen LogP contribution < -0.4 is 0 Å². The molecule has 0 amide bonds. The van der Waals surface area contributed by atoms with E-state index in [0.29, 0.717) is 11.6 Å². The van der Waals surface area contributed by atoms with Crippen molar-refractivity contribution >= 4 is 0 Å². The highest BCUT2D eigenvalue weighted by atomic mass is 15.4. The van der Waals surface area contributed by atoms with Crippen LogP contribution in [0.3, 0.4) is 0 Å². The molecule has 0 bridgehead atoms. The number of aryl methyl sites for hydroxylation is 1. The van der Waals surface area contributed by atoms with E-state index in [1.54, 1.807) is 6.20 Å². The van der Waals surface area contributed by atoms with Gasteiger partial charge in [0.2, 0.25) is 0 Å². The summed E-state index contributed by atoms with van der Waals surface area (Å²) in [4.78, 5) is 2.37. The predicted octanol–water partition coefficient (Wildman–Crippen LogP) is 0.817. The zero-order chi connectivity index (χ0) is 13.2. The standard InChI is InChI=1S/C13H16N6/c1-11-5-15-18(7-11)3-2-17-9-13(10-17)19-8-12(4-14)6-16-19/h5-8,13H,2-3,9-10H2,1H3. The van der Waals surface area contributed by atoms with Crippen molar-refractivity contribution in [3.63, 3.8) is 0 Å². The average Bonchev–Trinajstić information content (AvgIpc) is 2.96. The highest BCUT2D eigenvalue weighted by molar-refractivity contribution is 5.22. The van der Waals surface area contributed by atoms with Gasteiger partial charge in [0.15, 0.2) is 0 Å². The highest BCUT2D eigenvalue weighted by Gasteiger charge is 2.28. The second kappa shape index (κ2) is 4.86. The third-order valence-electron chi connectivity index (χ3n) is 3.45. The van der Waals surface area contributed by atoms with E-state index in [2.05, 4.69) is 27.4 Å². The molecule has 19 heavy (non-hydrogen) atoms. The molecular weight excluding hydrogens is 240 g/mol. The van der Waals surface area contributed by atoms with E-state index < -0.39 is 0 Å². The van der Waals surface area contributed by atoms with E-state index in [-0.39, 0.29) is 0 Å². The molecule has 0 aromatic carbocycles. The molecule has 0 radical (unpaired) electrons. The van der Waals surface area contributed by atoms with Crippen LogP contribution >= 0.6 is 0 Å². The summed E-state index contributed by atoms with van der Waals surface area (Å²) in [7, 11) is 0. The maximum absolute atomic E-state index is 8.76. The lowest BCUT2D eigenvalue weighted by Crippen LogP contribution is -2.48. The van der Waals surface area contributed by atoms with Crippen LogP contribution in [0.2, 0.25) is 0 Å². The van der Waals surface area contributed by atoms with Gasteiger partial charge in [-0.3, -0.25) is 14.3 Å². The molecule has 0 unspecified atom stereocenters. The monoisotopic (exact) mass is 256 g/mol. The van der Waals surface area contributed by atoms with Gasteiger partial charge in [-0.25, -0.2) is 0 Å². The lowest BCUT2D eigenvalue weighted by Gasteiger charge is -2.39. The van der Waals surface area contributed by atoms with Crippen molar-refractivity contribution in [2.75, 3.05) is 19.6 Å². The summed E-state index contributed by atoms with van der Waals surface area (Å²) in [6, 6.07) is 2.51. The molecule has 6 nitrogen and oxygen atoms in total. The van der Waals surface area contributed by atoms with Crippen molar-refractivity contribution in [3.8, 4) is 6.07 Å². The maximum atomic E-state index is 8.76. The Morgan fingerprint density at radius 3 is 2.74 bits per heavy atom. The van der Waals surface area contributed by atoms with E-state index >= 15 is 0 Å². The Hall–Kier alpha value is -2.13. The lowest BCUT2D eigenvalue weighted by atomic mass is 10.1. The Morgan fingerprint density at radius 1 is 1.26 bits per heavy atom. The summed E-state index contributed by atoms with van der Waals surface area (Å²) in [5.41, 5.74) is 1.83. The molecular formula is C13H16N6. The van der Waals surface area contributed by atoms with Crippen molar-refractivity contribution in [3.05, 3.63) is 35.9 Å². The molecule has 6 heteroatoms. The topological polar surface area (TPSA) is 62.7 Å². The van der Waals surface area contributed by atoms with Gasteiger partial charge < -0.3 is 0 Å². The van der Waals surface area contributed by atoms with Gasteiger partial charge in [0.1, 0.15) is 6.07 Å². The Morgan fingerprint density at radius 2 is 2.11 bits per heavy atom. The van der Waals surface area contributed by atoms with Crippen LogP contribution in [0.25, 0.3) is 0 Å². The summed E-state index contributed by atoms with van der Waals surface area (Å²) in [6.07, 6.45) is 7.38. The van der Waals surface area contributed by atoms with E-state index in [0.717, 1.165) is 26.2 Å². The summed E-state index contributed by atoms with van der Waals surface area (Å²) in [5.74, 6) is 0. The molecule has 1 fully saturated rings. The lowest BCUT2D eigenvalue weighted by molar-refractivity contribution is 0.0934. The largest absolute Gasteiger partial charge is 0.297 e. The van der Waals surface area contributed by atoms with Crippen molar-refractivity contribution in [2.24, 2.45) is 0 Å². The summed E-state index contributed by atoms with van der Waals surface area (Å²) >= 11 is 0. The predicted molar refractivity (Wildman–Crippen MR) is 69.4 cm³/mol. The second-order valence-electron chi connectivity index (χ2n) is 5.01. The number of hydrogen-bond donors (Lipinski definition) is 0. The first kappa shape index (κ1) is 11.9. The van der Waals surface area contributed by atoms with Crippen LogP contribution in [0.15, 0.2) is 24.8 Å². The van der Waals surface area contributed by atoms with Crippen molar-refractivity contribution in [2.45, 2.75) is 19.5 Å². The Balaban J connectivity index is 1.46. The molecule has 3 rings (SSSR count). The summed E-state index contributed by atoms with van der Waals surface area (Å²) in [6.45, 7) is 5.96. The van der Waals surface area contributed by atoms with Crippen LogP contribution in [0, 0.1) is 18.3 Å². The number of hydrogen-bond acceptors (Lipinski definition) is 4. The van der Waals surface area contributed by atoms with Crippen molar-refractivity contribution in [1.29, 1.82) is 5.26 Å². The van der Waals surface area contributed by atoms with Gasteiger partial charge in [-0.1, -0.05) is 0 Å². The molecule has 1 aliphatic rings. The molecule has 98 valence electrons. The quantitative estimate of drug-likeness (QED) is 0.812. The van der Waals surface area contributed by atoms with Crippen LogP contribution in [-0.2, 0) is 6.54 Å². The number of rotatable bonds is 4. The molecule has 0 spiro atoms. The molecule has 0 saturated carbocycles. The first-order valence-corrected chi connectivity index (χ1v) is 6.40. The van der Waals surface area contributed by atoms with E-state index in [1.165, 1.54) is 5.56 Å². The van der Waals surface area contributed by atoms with E-state index in [9.17, 15) is 0 Å². The number of nitrogens with zero attached hydrogens (tertiary/aromatic N) is 6. The van der Waals surface area contributed by atoms with Gasteiger partial charge in [0.05, 0.1) is 30.5 Å². The number of nitriles is 1. The Kier molecular flexibility index (Phi) is 3.05. The number of aromatic nitrogens is 4. The normalized spacial score (nSPS) is 16.2. The van der Waals surface area contributed by atoms with E-state index in [1.807, 2.05) is 28.7 Å². The van der Waals surface area contributed by atoms with Gasteiger partial charge >= 0.3 is 0 Å². The molecule has 3 heterocycles. The fraction of sp³-hybridized carbons (Fsp3) is 0.462. The van der Waals surface area contributed by atoms with Gasteiger partial charge in [0, 0.05) is 32.0 Å². The molecule has 1 aliphatic heterocycles. The first-order chi connectivity index (χ1) is 9.24. The van der Waals surface area contributed by atoms with Crippen LogP contribution in [0.1, 0.15) is 17.2 Å². The molecule has 0 aliphatic carbocycles. The first-order valence-electron chi connectivity index (χ1n) is 6.40. The zero-order valence-corrected chi connectivity index (χ0v) is 10.9. The molecule has 2 aromatic heterocycles. The molecule has 2 aromatic rings. The van der Waals surface area contributed by atoms with Crippen LogP contribution in [0.5, 0.6) is 0 Å². The zero-order valence-electron chi connectivity index (χ0n) is 10.9. The fourth-order valence-electron chi connectivity index (χ4n) is 2.32. The van der Waals surface area contributed by atoms with Gasteiger partial charge in [-0.2, -0.15) is 15.5 Å². The SMILES string of the molecule is Cc1cnn(CCN2CC(n3cc(C#N)cn3)C2)c1. The van der Waals surface area contributed by atoms with Gasteiger partial charge in [-0.05, 0) is 12.5 Å². The van der Waals surface area contributed by atoms with Crippen LogP contribution in [0.4, 0.5) is 0 Å². The van der Waals surface area contributed by atoms with Crippen molar-refractivity contribution < 1.29 is 0 Å². The third kappa shape index (κ3) is 2.51. The minimum atomic E-state index is 0.404. The number of likely N-dealkylation sites (tertiary alicyclic amines) is 1. The minimum Gasteiger partial charge on any atom is -0.297 e. The minimum absolute atomic E-state index is 0.404. The smallest absolute Gasteiger partial charge is 0.102 e. The maximum Gasteiger partial charge on any atom is 0.102 e. The van der Waals surface area contributed by atoms with Gasteiger partial charge in [-0.15, -0.1) is 0 Å². The van der Waals surface area contributed by atoms with Gasteiger partial charge in [0.25, 0.3) is 0 Å². The fourth-order valence-corrected chi connectivity index (χ4v) is 2.32. The Bertz CT molecular complexity index is 599. The van der Waals surface area contributed by atoms with E-state index in [4.69, 9.17) is 5.26 Å². The van der Waals surface area contributed by atoms with Crippen LogP contribution in [-0.4, -0.2) is 44.1 Å². The Labute approximate surface area is 111 Å². The summed E-state index contributed by atoms with van der Waals surface area (Å²) < 4.78 is 3.87. The highest BCUT2D eigenvalue weighted by Crippen LogP contribution is 2.20. The second-order valence-corrected chi connectivity index (χ2v) is 5.01. The molecule has 0 N–H and O–H groups in total.